The van der Waals surface area contributed by atoms with Crippen molar-refractivity contribution in [2.45, 2.75) is 52.0 Å². The lowest BCUT2D eigenvalue weighted by Gasteiger charge is -2.33. The lowest BCUT2D eigenvalue weighted by Crippen LogP contribution is -2.51. The number of aliphatic carboxylic acids is 1. The van der Waals surface area contributed by atoms with E-state index in [0.29, 0.717) is 5.92 Å². The van der Waals surface area contributed by atoms with Gasteiger partial charge in [0.05, 0.1) is 0 Å². The van der Waals surface area contributed by atoms with Crippen LogP contribution in [0.15, 0.2) is 48.5 Å². The van der Waals surface area contributed by atoms with E-state index >= 15 is 0 Å². The normalized spacial score (nSPS) is 13.7. The number of hydrogen-bond acceptors (Lipinski definition) is 4. The van der Waals surface area contributed by atoms with Crippen LogP contribution < -0.4 is 5.32 Å². The highest BCUT2D eigenvalue weighted by Gasteiger charge is 2.36. The van der Waals surface area contributed by atoms with Crippen LogP contribution in [0, 0.1) is 11.8 Å². The minimum atomic E-state index is -1.31. The molecule has 0 aromatic heterocycles. The number of benzene rings is 2. The van der Waals surface area contributed by atoms with Crippen molar-refractivity contribution in [3.63, 3.8) is 0 Å². The number of hydrogen-bond donors (Lipinski definition) is 2. The molecular formula is C28H36N2O5. The number of carbonyl (C=O) groups excluding carboxylic acids is 2. The Morgan fingerprint density at radius 3 is 2.09 bits per heavy atom. The van der Waals surface area contributed by atoms with E-state index in [4.69, 9.17) is 4.74 Å². The molecule has 3 rings (SSSR count). The third-order valence-electron chi connectivity index (χ3n) is 6.88. The Labute approximate surface area is 207 Å². The van der Waals surface area contributed by atoms with Gasteiger partial charge in [0.2, 0.25) is 5.91 Å². The second-order valence-corrected chi connectivity index (χ2v) is 10.2. The summed E-state index contributed by atoms with van der Waals surface area (Å²) in [5, 5.41) is 12.2. The van der Waals surface area contributed by atoms with E-state index in [1.54, 1.807) is 0 Å². The topological polar surface area (TPSA) is 95.9 Å². The Morgan fingerprint density at radius 1 is 1.03 bits per heavy atom. The van der Waals surface area contributed by atoms with Gasteiger partial charge in [-0.05, 0) is 54.4 Å². The van der Waals surface area contributed by atoms with E-state index in [9.17, 15) is 19.5 Å². The van der Waals surface area contributed by atoms with Gasteiger partial charge < -0.3 is 20.1 Å². The molecule has 35 heavy (non-hydrogen) atoms. The van der Waals surface area contributed by atoms with E-state index in [0.717, 1.165) is 17.5 Å². The zero-order valence-electron chi connectivity index (χ0n) is 21.2. The number of carbonyl (C=O) groups is 3. The molecular weight excluding hydrogens is 444 g/mol. The number of alkyl carbamates (subject to hydrolysis) is 1. The van der Waals surface area contributed by atoms with Gasteiger partial charge in [0.25, 0.3) is 0 Å². The fourth-order valence-electron chi connectivity index (χ4n) is 4.62. The van der Waals surface area contributed by atoms with Crippen molar-refractivity contribution >= 4 is 18.0 Å². The number of nitrogens with one attached hydrogen (secondary N) is 1. The van der Waals surface area contributed by atoms with Crippen LogP contribution in [0.5, 0.6) is 0 Å². The number of likely N-dealkylation sites (N-methyl/N-ethyl adjacent to an activating group) is 1. The molecule has 0 unspecified atom stereocenters. The monoisotopic (exact) mass is 480 g/mol. The van der Waals surface area contributed by atoms with Crippen LogP contribution in [-0.4, -0.2) is 53.7 Å². The average Bonchev–Trinajstić information content (AvgIpc) is 3.14. The van der Waals surface area contributed by atoms with Crippen molar-refractivity contribution in [2.75, 3.05) is 20.2 Å². The molecule has 2 aromatic rings. The first-order valence-corrected chi connectivity index (χ1v) is 12.1. The Kier molecular flexibility index (Phi) is 8.20. The Hall–Kier alpha value is -3.35. The van der Waals surface area contributed by atoms with Crippen molar-refractivity contribution in [3.8, 4) is 11.1 Å². The highest BCUT2D eigenvalue weighted by molar-refractivity contribution is 5.86. The molecule has 0 spiro atoms. The van der Waals surface area contributed by atoms with Gasteiger partial charge >= 0.3 is 12.1 Å². The summed E-state index contributed by atoms with van der Waals surface area (Å²) in [4.78, 5) is 38.1. The van der Waals surface area contributed by atoms with Crippen molar-refractivity contribution < 1.29 is 24.2 Å². The van der Waals surface area contributed by atoms with Crippen molar-refractivity contribution in [3.05, 3.63) is 59.7 Å². The second kappa shape index (κ2) is 10.9. The molecule has 1 atom stereocenters. The third-order valence-corrected chi connectivity index (χ3v) is 6.88. The number of nitrogens with zero attached hydrogens (tertiary/aromatic N) is 1. The maximum absolute atomic E-state index is 12.8. The van der Waals surface area contributed by atoms with E-state index in [-0.39, 0.29) is 37.3 Å². The van der Waals surface area contributed by atoms with Gasteiger partial charge in [0.15, 0.2) is 0 Å². The first kappa shape index (κ1) is 26.3. The molecule has 0 saturated carbocycles. The first-order chi connectivity index (χ1) is 16.5. The Bertz CT molecular complexity index is 1030. The van der Waals surface area contributed by atoms with Crippen molar-refractivity contribution in [2.24, 2.45) is 11.8 Å². The van der Waals surface area contributed by atoms with Crippen molar-refractivity contribution in [1.29, 1.82) is 0 Å². The first-order valence-electron chi connectivity index (χ1n) is 12.1. The largest absolute Gasteiger partial charge is 0.480 e. The fraction of sp³-hybridized carbons (Fsp3) is 0.464. The minimum Gasteiger partial charge on any atom is -0.480 e. The van der Waals surface area contributed by atoms with Crippen LogP contribution in [0.1, 0.15) is 57.6 Å². The quantitative estimate of drug-likeness (QED) is 0.504. The summed E-state index contributed by atoms with van der Waals surface area (Å²) in [6, 6.07) is 16.3. The molecule has 0 aliphatic heterocycles. The van der Waals surface area contributed by atoms with Gasteiger partial charge in [-0.25, -0.2) is 9.59 Å². The SMILES string of the molecule is CC(C)C[C@H](CNC(=O)OCC1c2ccccc2-c2ccccc21)CC(=O)N(C)C(C)(C)C(=O)O. The number of carboxylic acid groups (broad SMARTS) is 1. The molecule has 1 aliphatic carbocycles. The van der Waals surface area contributed by atoms with Crippen molar-refractivity contribution in [1.82, 2.24) is 10.2 Å². The van der Waals surface area contributed by atoms with E-state index in [1.807, 2.05) is 24.3 Å². The molecule has 0 fully saturated rings. The smallest absolute Gasteiger partial charge is 0.407 e. The Morgan fingerprint density at radius 2 is 1.57 bits per heavy atom. The minimum absolute atomic E-state index is 0.0203. The molecule has 0 saturated heterocycles. The lowest BCUT2D eigenvalue weighted by molar-refractivity contribution is -0.155. The molecule has 2 N–H and O–H groups in total. The fourth-order valence-corrected chi connectivity index (χ4v) is 4.62. The van der Waals surface area contributed by atoms with Crippen LogP contribution >= 0.6 is 0 Å². The molecule has 1 aliphatic rings. The number of fused-ring (bicyclic) bond motifs is 3. The standard InChI is InChI=1S/C28H36N2O5/c1-18(2)14-19(15-25(31)30(5)28(3,4)26(32)33)16-29-27(34)35-17-24-22-12-8-6-10-20(22)21-11-7-9-13-23(21)24/h6-13,18-19,24H,14-17H2,1-5H3,(H,29,34)(H,32,33)/t19-/m0/s1. The van der Waals surface area contributed by atoms with Gasteiger partial charge in [0, 0.05) is 25.9 Å². The summed E-state index contributed by atoms with van der Waals surface area (Å²) in [5.41, 5.74) is 3.32. The number of amides is 2. The predicted octanol–water partition coefficient (Wildman–Crippen LogP) is 4.90. The maximum Gasteiger partial charge on any atom is 0.407 e. The van der Waals surface area contributed by atoms with Gasteiger partial charge in [-0.1, -0.05) is 62.4 Å². The highest BCUT2D eigenvalue weighted by Crippen LogP contribution is 2.44. The van der Waals surface area contributed by atoms with Crippen LogP contribution in [0.2, 0.25) is 0 Å². The molecule has 7 heteroatoms. The summed E-state index contributed by atoms with van der Waals surface area (Å²) in [5.74, 6) is -1.17. The molecule has 0 heterocycles. The zero-order valence-corrected chi connectivity index (χ0v) is 21.2. The summed E-state index contributed by atoms with van der Waals surface area (Å²) in [6.07, 6.45) is 0.346. The highest BCUT2D eigenvalue weighted by atomic mass is 16.5. The number of rotatable bonds is 10. The van der Waals surface area contributed by atoms with Gasteiger partial charge in [0.1, 0.15) is 12.1 Å². The number of ether oxygens (including phenoxy) is 1. The van der Waals surface area contributed by atoms with E-state index in [1.165, 1.54) is 36.9 Å². The van der Waals surface area contributed by atoms with Gasteiger partial charge in [-0.15, -0.1) is 0 Å². The van der Waals surface area contributed by atoms with Crippen LogP contribution in [0.25, 0.3) is 11.1 Å². The molecule has 0 radical (unpaired) electrons. The van der Waals surface area contributed by atoms with E-state index in [2.05, 4.69) is 43.4 Å². The summed E-state index contributed by atoms with van der Waals surface area (Å²) >= 11 is 0. The van der Waals surface area contributed by atoms with Crippen LogP contribution in [0.4, 0.5) is 4.79 Å². The predicted molar refractivity (Wildman–Crippen MR) is 135 cm³/mol. The molecule has 2 amide bonds. The Balaban J connectivity index is 1.59. The molecule has 0 bridgehead atoms. The van der Waals surface area contributed by atoms with Gasteiger partial charge in [-0.3, -0.25) is 4.79 Å². The molecule has 188 valence electrons. The van der Waals surface area contributed by atoms with Gasteiger partial charge in [-0.2, -0.15) is 0 Å². The lowest BCUT2D eigenvalue weighted by atomic mass is 9.92. The summed E-state index contributed by atoms with van der Waals surface area (Å²) in [7, 11) is 1.50. The third kappa shape index (κ3) is 6.02. The maximum atomic E-state index is 12.8. The summed E-state index contributed by atoms with van der Waals surface area (Å²) < 4.78 is 5.61. The zero-order chi connectivity index (χ0) is 25.8. The molecule has 2 aromatic carbocycles. The number of carboxylic acids is 1. The second-order valence-electron chi connectivity index (χ2n) is 10.2. The average molecular weight is 481 g/mol. The van der Waals surface area contributed by atoms with Crippen LogP contribution in [-0.2, 0) is 14.3 Å². The molecule has 7 nitrogen and oxygen atoms in total. The van der Waals surface area contributed by atoms with Crippen LogP contribution in [0.3, 0.4) is 0 Å². The summed E-state index contributed by atoms with van der Waals surface area (Å²) in [6.45, 7) is 7.61. The van der Waals surface area contributed by atoms with E-state index < -0.39 is 17.6 Å².